The van der Waals surface area contributed by atoms with Crippen LogP contribution in [0, 0.1) is 0 Å². The monoisotopic (exact) mass is 236 g/mol. The molecule has 0 amide bonds. The van der Waals surface area contributed by atoms with Gasteiger partial charge in [-0.25, -0.2) is 0 Å². The van der Waals surface area contributed by atoms with Gasteiger partial charge < -0.3 is 9.42 Å². The van der Waals surface area contributed by atoms with Crippen LogP contribution in [0.15, 0.2) is 0 Å². The van der Waals surface area contributed by atoms with Crippen LogP contribution in [0.25, 0.3) is 0 Å². The van der Waals surface area contributed by atoms with Crippen LogP contribution < -0.4 is 56.3 Å². The summed E-state index contributed by atoms with van der Waals surface area (Å²) in [4.78, 5) is 9.75. The summed E-state index contributed by atoms with van der Waals surface area (Å²) in [5.74, 6) is 0. The molecule has 0 aliphatic heterocycles. The van der Waals surface area contributed by atoms with Crippen molar-refractivity contribution < 1.29 is 87.8 Å². The zero-order chi connectivity index (χ0) is 9.12. The first kappa shape index (κ1) is 15.9. The molecule has 0 saturated heterocycles. The Balaban J connectivity index is 0. The molecule has 0 N–H and O–H groups in total. The zero-order valence-electron chi connectivity index (χ0n) is 5.80. The maximum absolute atomic E-state index is 11.2. The van der Waals surface area contributed by atoms with E-state index in [0.29, 0.717) is 0 Å². The Labute approximate surface area is 107 Å². The average Bonchev–Trinajstić information content (AvgIpc) is 1.83. The van der Waals surface area contributed by atoms with Crippen LogP contribution in [0.5, 0.6) is 0 Å². The third-order valence-corrected chi connectivity index (χ3v) is 1.09. The molecule has 12 heavy (non-hydrogen) atoms. The van der Waals surface area contributed by atoms with E-state index in [-0.39, 0.29) is 51.4 Å². The second kappa shape index (κ2) is 6.04. The number of halogens is 4. The third kappa shape index (κ3) is 9.55. The summed E-state index contributed by atoms with van der Waals surface area (Å²) in [7, 11) is -5.41. The van der Waals surface area contributed by atoms with Gasteiger partial charge in [-0.15, -0.1) is 4.73 Å². The van der Waals surface area contributed by atoms with Crippen molar-refractivity contribution in [3.8, 4) is 0 Å². The van der Waals surface area contributed by atoms with Gasteiger partial charge in [-0.2, -0.15) is 13.2 Å². The van der Waals surface area contributed by atoms with Crippen LogP contribution >= 0.6 is 7.82 Å². The SMILES string of the molecule is O=P([O-])(OF)OCC(F)(F)F.[K+]. The molecule has 0 aliphatic rings. The van der Waals surface area contributed by atoms with Gasteiger partial charge in [0.2, 0.25) is 0 Å². The number of rotatable bonds is 3. The quantitative estimate of drug-likeness (QED) is 0.321. The minimum atomic E-state index is -5.41. The second-order valence-corrected chi connectivity index (χ2v) is 2.70. The number of alkyl halides is 3. The first-order chi connectivity index (χ1) is 4.77. The van der Waals surface area contributed by atoms with E-state index in [0.717, 1.165) is 0 Å². The number of hydrogen-bond donors (Lipinski definition) is 0. The second-order valence-electron chi connectivity index (χ2n) is 1.40. The van der Waals surface area contributed by atoms with Crippen molar-refractivity contribution in [2.75, 3.05) is 6.61 Å². The van der Waals surface area contributed by atoms with E-state index in [1.54, 1.807) is 0 Å². The Bertz CT molecular complexity index is 171. The average molecular weight is 236 g/mol. The smallest absolute Gasteiger partial charge is 0.754 e. The summed E-state index contributed by atoms with van der Waals surface area (Å²) >= 11 is 0. The first-order valence-electron chi connectivity index (χ1n) is 2.09. The van der Waals surface area contributed by atoms with Gasteiger partial charge in [-0.3, -0.25) is 4.57 Å². The summed E-state index contributed by atoms with van der Waals surface area (Å²) in [6, 6.07) is 0. The van der Waals surface area contributed by atoms with Crippen LogP contribution in [0.1, 0.15) is 0 Å². The van der Waals surface area contributed by atoms with Gasteiger partial charge in [0.15, 0.2) is 6.61 Å². The summed E-state index contributed by atoms with van der Waals surface area (Å²) in [5, 5.41) is 0. The van der Waals surface area contributed by atoms with Gasteiger partial charge in [0, 0.05) is 0 Å². The minimum Gasteiger partial charge on any atom is -0.754 e. The van der Waals surface area contributed by atoms with E-state index in [1.807, 2.05) is 0 Å². The van der Waals surface area contributed by atoms with Crippen molar-refractivity contribution in [2.24, 2.45) is 0 Å². The molecule has 0 radical (unpaired) electrons. The van der Waals surface area contributed by atoms with Crippen LogP contribution in [0.4, 0.5) is 17.7 Å². The fourth-order valence-corrected chi connectivity index (χ4v) is 0.517. The summed E-state index contributed by atoms with van der Waals surface area (Å²) in [6.07, 6.45) is -4.83. The normalized spacial score (nSPS) is 16.4. The number of phosphoric ester groups is 1. The van der Waals surface area contributed by atoms with Gasteiger partial charge >= 0.3 is 65.4 Å². The van der Waals surface area contributed by atoms with Crippen molar-refractivity contribution in [2.45, 2.75) is 6.18 Å². The predicted octanol–water partition coefficient (Wildman–Crippen LogP) is -2.06. The van der Waals surface area contributed by atoms with Gasteiger partial charge in [-0.1, -0.05) is 0 Å². The van der Waals surface area contributed by atoms with Crippen molar-refractivity contribution in [3.63, 3.8) is 0 Å². The van der Waals surface area contributed by atoms with Gasteiger partial charge in [-0.05, 0) is 4.53 Å². The molecule has 0 spiro atoms. The van der Waals surface area contributed by atoms with E-state index >= 15 is 0 Å². The molecule has 0 aromatic rings. The fourth-order valence-electron chi connectivity index (χ4n) is 0.172. The maximum atomic E-state index is 11.2. The van der Waals surface area contributed by atoms with E-state index < -0.39 is 20.6 Å². The molecule has 68 valence electrons. The molecule has 0 bridgehead atoms. The Kier molecular flexibility index (Phi) is 8.02. The molecule has 0 rings (SSSR count). The molecular formula is C2H2F4KO4P. The van der Waals surface area contributed by atoms with Crippen molar-refractivity contribution >= 4 is 7.82 Å². The van der Waals surface area contributed by atoms with E-state index in [4.69, 9.17) is 0 Å². The predicted molar refractivity (Wildman–Crippen MR) is 21.8 cm³/mol. The van der Waals surface area contributed by atoms with Crippen molar-refractivity contribution in [1.29, 1.82) is 0 Å². The van der Waals surface area contributed by atoms with Crippen LogP contribution in [0.2, 0.25) is 0 Å². The Morgan fingerprint density at radius 3 is 2.08 bits per heavy atom. The molecule has 0 aromatic carbocycles. The molecule has 0 saturated carbocycles. The van der Waals surface area contributed by atoms with Crippen LogP contribution in [-0.2, 0) is 13.8 Å². The Hall–Kier alpha value is 1.47. The van der Waals surface area contributed by atoms with Gasteiger partial charge in [0.05, 0.1) is 0 Å². The van der Waals surface area contributed by atoms with Crippen molar-refractivity contribution in [3.05, 3.63) is 0 Å². The van der Waals surface area contributed by atoms with Crippen LogP contribution in [-0.4, -0.2) is 12.8 Å². The first-order valence-corrected chi connectivity index (χ1v) is 3.55. The summed E-state index contributed by atoms with van der Waals surface area (Å²) in [5.41, 5.74) is 0. The molecular weight excluding hydrogens is 234 g/mol. The molecule has 0 aliphatic carbocycles. The molecule has 4 nitrogen and oxygen atoms in total. The molecule has 0 heterocycles. The third-order valence-electron chi connectivity index (χ3n) is 0.471. The van der Waals surface area contributed by atoms with E-state index in [2.05, 4.69) is 9.25 Å². The fraction of sp³-hybridized carbons (Fsp3) is 1.00. The van der Waals surface area contributed by atoms with Gasteiger partial charge in [0.1, 0.15) is 0 Å². The summed E-state index contributed by atoms with van der Waals surface area (Å²) in [6.45, 7) is -2.10. The molecule has 1 unspecified atom stereocenters. The van der Waals surface area contributed by atoms with E-state index in [1.165, 1.54) is 0 Å². The number of hydrogen-bond acceptors (Lipinski definition) is 4. The molecule has 0 aromatic heterocycles. The van der Waals surface area contributed by atoms with Crippen molar-refractivity contribution in [1.82, 2.24) is 0 Å². The zero-order valence-corrected chi connectivity index (χ0v) is 9.82. The topological polar surface area (TPSA) is 58.6 Å². The summed E-state index contributed by atoms with van der Waals surface area (Å²) < 4.78 is 59.1. The standard InChI is InChI=1S/C2H3F4O4P.K/c3-2(4,5)1-9-11(7,8)10-6;/h1H2,(H,7,8);/q;+1/p-1. The molecule has 0 fully saturated rings. The minimum absolute atomic E-state index is 0. The number of phosphoric acid groups is 1. The molecule has 10 heteroatoms. The Morgan fingerprint density at radius 1 is 1.42 bits per heavy atom. The molecule has 1 atom stereocenters. The van der Waals surface area contributed by atoms with Crippen LogP contribution in [0.3, 0.4) is 0 Å². The van der Waals surface area contributed by atoms with E-state index in [9.17, 15) is 27.2 Å². The largest absolute Gasteiger partial charge is 1.00 e. The Morgan fingerprint density at radius 2 is 1.83 bits per heavy atom. The maximum Gasteiger partial charge on any atom is 1.00 e. The van der Waals surface area contributed by atoms with Gasteiger partial charge in [0.25, 0.3) is 0 Å².